The van der Waals surface area contributed by atoms with Crippen LogP contribution in [0.2, 0.25) is 0 Å². The van der Waals surface area contributed by atoms with Gasteiger partial charge in [0.2, 0.25) is 0 Å². The third kappa shape index (κ3) is 4.77. The summed E-state index contributed by atoms with van der Waals surface area (Å²) in [6, 6.07) is 16.2. The third-order valence-corrected chi connectivity index (χ3v) is 6.55. The van der Waals surface area contributed by atoms with Crippen molar-refractivity contribution in [2.45, 2.75) is 47.0 Å². The zero-order valence-electron chi connectivity index (χ0n) is 22.5. The SMILES string of the molecule is CCN(CC)c1ccc(/N=C2\C(C#N)=C(C(=O)OC)c3nc(-c4ccc(C(C)(C)C)cc4)nn32)c(C)c1. The molecular formula is C29H32N6O2. The van der Waals surface area contributed by atoms with Gasteiger partial charge in [-0.25, -0.2) is 14.8 Å². The molecule has 8 nitrogen and oxygen atoms in total. The van der Waals surface area contributed by atoms with Crippen molar-refractivity contribution < 1.29 is 9.53 Å². The van der Waals surface area contributed by atoms with E-state index in [0.717, 1.165) is 29.9 Å². The lowest BCUT2D eigenvalue weighted by Gasteiger charge is -2.21. The normalized spacial score (nSPS) is 14.1. The monoisotopic (exact) mass is 496 g/mol. The van der Waals surface area contributed by atoms with Gasteiger partial charge in [-0.15, -0.1) is 5.10 Å². The molecule has 190 valence electrons. The topological polar surface area (TPSA) is 96.4 Å². The third-order valence-electron chi connectivity index (χ3n) is 6.55. The van der Waals surface area contributed by atoms with E-state index in [2.05, 4.69) is 73.9 Å². The molecular weight excluding hydrogens is 464 g/mol. The second-order valence-electron chi connectivity index (χ2n) is 9.93. The molecule has 8 heteroatoms. The Balaban J connectivity index is 1.84. The van der Waals surface area contributed by atoms with Crippen LogP contribution >= 0.6 is 0 Å². The number of aryl methyl sites for hydroxylation is 1. The van der Waals surface area contributed by atoms with Crippen molar-refractivity contribution in [3.05, 3.63) is 65.0 Å². The molecule has 4 rings (SSSR count). The number of hydrogen-bond acceptors (Lipinski definition) is 7. The number of allylic oxidation sites excluding steroid dienone is 1. The molecule has 1 aromatic heterocycles. The van der Waals surface area contributed by atoms with Gasteiger partial charge in [-0.3, -0.25) is 0 Å². The Morgan fingerprint density at radius 2 is 1.81 bits per heavy atom. The van der Waals surface area contributed by atoms with Crippen molar-refractivity contribution >= 4 is 28.8 Å². The number of nitrogens with zero attached hydrogens (tertiary/aromatic N) is 6. The van der Waals surface area contributed by atoms with Gasteiger partial charge in [0.15, 0.2) is 17.5 Å². The molecule has 0 saturated heterocycles. The van der Waals surface area contributed by atoms with Gasteiger partial charge in [0.1, 0.15) is 17.2 Å². The van der Waals surface area contributed by atoms with Crippen LogP contribution in [0.4, 0.5) is 11.4 Å². The number of aliphatic imine (C=N–C) groups is 1. The van der Waals surface area contributed by atoms with Crippen LogP contribution in [0.15, 0.2) is 53.0 Å². The molecule has 0 radical (unpaired) electrons. The quantitative estimate of drug-likeness (QED) is 0.422. The number of methoxy groups -OCH3 is 1. The molecule has 0 unspecified atom stereocenters. The Hall–Kier alpha value is -4.25. The zero-order chi connectivity index (χ0) is 26.9. The van der Waals surface area contributed by atoms with Crippen LogP contribution < -0.4 is 4.90 Å². The first kappa shape index (κ1) is 25.8. The predicted molar refractivity (Wildman–Crippen MR) is 146 cm³/mol. The van der Waals surface area contributed by atoms with Gasteiger partial charge in [-0.05, 0) is 55.5 Å². The van der Waals surface area contributed by atoms with Crippen molar-refractivity contribution in [1.82, 2.24) is 14.8 Å². The molecule has 0 bridgehead atoms. The molecule has 0 fully saturated rings. The predicted octanol–water partition coefficient (Wildman–Crippen LogP) is 5.44. The van der Waals surface area contributed by atoms with Crippen LogP contribution in [-0.2, 0) is 14.9 Å². The summed E-state index contributed by atoms with van der Waals surface area (Å²) < 4.78 is 6.46. The standard InChI is InChI=1S/C29H32N6O2/c1-8-34(9-2)21-14-15-23(18(3)16-21)31-26-22(17-30)24(28(36)37-7)27-32-25(33-35(26)27)19-10-12-20(13-11-19)29(4,5)6/h10-16H,8-9H2,1-7H3/b31-26+. The number of esters is 1. The molecule has 0 aliphatic carbocycles. The van der Waals surface area contributed by atoms with Crippen molar-refractivity contribution in [1.29, 1.82) is 5.26 Å². The Labute approximate surface area is 217 Å². The Bertz CT molecular complexity index is 1440. The van der Waals surface area contributed by atoms with Gasteiger partial charge in [0.05, 0.1) is 12.8 Å². The minimum atomic E-state index is -0.654. The van der Waals surface area contributed by atoms with Crippen LogP contribution in [-0.4, -0.2) is 46.8 Å². The smallest absolute Gasteiger partial charge is 0.343 e. The molecule has 2 heterocycles. The Morgan fingerprint density at radius 1 is 1.14 bits per heavy atom. The molecule has 1 aliphatic rings. The van der Waals surface area contributed by atoms with Crippen molar-refractivity contribution in [2.75, 3.05) is 25.1 Å². The van der Waals surface area contributed by atoms with Crippen LogP contribution in [0, 0.1) is 18.3 Å². The first-order valence-electron chi connectivity index (χ1n) is 12.4. The number of benzene rings is 2. The second-order valence-corrected chi connectivity index (χ2v) is 9.93. The average molecular weight is 497 g/mol. The number of aromatic nitrogens is 3. The molecule has 1 aliphatic heterocycles. The number of carbonyl (C=O) groups excluding carboxylic acids is 1. The summed E-state index contributed by atoms with van der Waals surface area (Å²) in [5.74, 6) is 0.282. The molecule has 37 heavy (non-hydrogen) atoms. The fraction of sp³-hybridized carbons (Fsp3) is 0.345. The summed E-state index contributed by atoms with van der Waals surface area (Å²) >= 11 is 0. The number of rotatable bonds is 6. The highest BCUT2D eigenvalue weighted by atomic mass is 16.5. The average Bonchev–Trinajstić information content (AvgIpc) is 3.42. The zero-order valence-corrected chi connectivity index (χ0v) is 22.5. The van der Waals surface area contributed by atoms with E-state index >= 15 is 0 Å². The van der Waals surface area contributed by atoms with Gasteiger partial charge in [-0.1, -0.05) is 45.0 Å². The largest absolute Gasteiger partial charge is 0.465 e. The minimum Gasteiger partial charge on any atom is -0.465 e. The number of fused-ring (bicyclic) bond motifs is 1. The van der Waals surface area contributed by atoms with E-state index in [9.17, 15) is 10.1 Å². The van der Waals surface area contributed by atoms with E-state index in [1.165, 1.54) is 17.4 Å². The fourth-order valence-electron chi connectivity index (χ4n) is 4.36. The first-order chi connectivity index (χ1) is 17.6. The van der Waals surface area contributed by atoms with Crippen LogP contribution in [0.25, 0.3) is 17.0 Å². The highest BCUT2D eigenvalue weighted by Gasteiger charge is 2.37. The summed E-state index contributed by atoms with van der Waals surface area (Å²) in [5.41, 5.74) is 4.89. The molecule has 2 aromatic carbocycles. The molecule has 0 atom stereocenters. The van der Waals surface area contributed by atoms with E-state index in [4.69, 9.17) is 9.73 Å². The van der Waals surface area contributed by atoms with Gasteiger partial charge >= 0.3 is 5.97 Å². The summed E-state index contributed by atoms with van der Waals surface area (Å²) in [6.07, 6.45) is 0. The summed E-state index contributed by atoms with van der Waals surface area (Å²) in [4.78, 5) is 24.4. The molecule has 0 spiro atoms. The lowest BCUT2D eigenvalue weighted by atomic mass is 9.87. The fourth-order valence-corrected chi connectivity index (χ4v) is 4.36. The number of carbonyl (C=O) groups is 1. The lowest BCUT2D eigenvalue weighted by Crippen LogP contribution is -2.21. The van der Waals surface area contributed by atoms with E-state index in [1.54, 1.807) is 0 Å². The Kier molecular flexibility index (Phi) is 6.99. The molecule has 0 saturated carbocycles. The maximum Gasteiger partial charge on any atom is 0.343 e. The molecule has 3 aromatic rings. The number of hydrogen-bond donors (Lipinski definition) is 0. The van der Waals surface area contributed by atoms with Gasteiger partial charge in [-0.2, -0.15) is 9.94 Å². The highest BCUT2D eigenvalue weighted by Crippen LogP contribution is 2.33. The van der Waals surface area contributed by atoms with E-state index in [-0.39, 0.29) is 28.2 Å². The number of nitriles is 1. The maximum absolute atomic E-state index is 12.7. The summed E-state index contributed by atoms with van der Waals surface area (Å²) in [7, 11) is 1.28. The number of ether oxygens (including phenoxy) is 1. The second kappa shape index (κ2) is 10.0. The minimum absolute atomic E-state index is 0.0168. The first-order valence-corrected chi connectivity index (χ1v) is 12.4. The van der Waals surface area contributed by atoms with Crippen molar-refractivity contribution in [3.63, 3.8) is 0 Å². The summed E-state index contributed by atoms with van der Waals surface area (Å²) in [6.45, 7) is 14.5. The van der Waals surface area contributed by atoms with Crippen molar-refractivity contribution in [2.24, 2.45) is 4.99 Å². The number of anilines is 1. The van der Waals surface area contributed by atoms with Gasteiger partial charge in [0.25, 0.3) is 0 Å². The summed E-state index contributed by atoms with van der Waals surface area (Å²) in [5, 5.41) is 14.7. The highest BCUT2D eigenvalue weighted by molar-refractivity contribution is 6.29. The van der Waals surface area contributed by atoms with E-state index in [0.29, 0.717) is 11.5 Å². The van der Waals surface area contributed by atoms with Crippen LogP contribution in [0.1, 0.15) is 51.6 Å². The Morgan fingerprint density at radius 3 is 2.35 bits per heavy atom. The van der Waals surface area contributed by atoms with Crippen LogP contribution in [0.5, 0.6) is 0 Å². The molecule has 0 N–H and O–H groups in total. The van der Waals surface area contributed by atoms with Crippen LogP contribution in [0.3, 0.4) is 0 Å². The molecule has 0 amide bonds. The van der Waals surface area contributed by atoms with Gasteiger partial charge < -0.3 is 9.64 Å². The van der Waals surface area contributed by atoms with E-state index < -0.39 is 5.97 Å². The van der Waals surface area contributed by atoms with Crippen molar-refractivity contribution in [3.8, 4) is 17.5 Å². The van der Waals surface area contributed by atoms with Gasteiger partial charge in [0, 0.05) is 24.3 Å². The van der Waals surface area contributed by atoms with E-state index in [1.807, 2.05) is 31.2 Å². The maximum atomic E-state index is 12.7. The lowest BCUT2D eigenvalue weighted by molar-refractivity contribution is -0.133.